The van der Waals surface area contributed by atoms with Gasteiger partial charge in [0.05, 0.1) is 6.54 Å². The average molecular weight is 340 g/mol. The van der Waals surface area contributed by atoms with Crippen molar-refractivity contribution >= 4 is 34.8 Å². The highest BCUT2D eigenvalue weighted by atomic mass is 16.2. The van der Waals surface area contributed by atoms with Gasteiger partial charge in [0, 0.05) is 36.6 Å². The third kappa shape index (κ3) is 5.65. The SMILES string of the molecule is CNC(=O)c1ccc(NCC(=O)Nc2cccc(NC(C)=O)c2)cc1. The summed E-state index contributed by atoms with van der Waals surface area (Å²) in [5.74, 6) is -0.566. The number of hydrogen-bond acceptors (Lipinski definition) is 4. The highest BCUT2D eigenvalue weighted by Crippen LogP contribution is 2.15. The van der Waals surface area contributed by atoms with Crippen LogP contribution in [-0.2, 0) is 9.59 Å². The van der Waals surface area contributed by atoms with Gasteiger partial charge in [-0.25, -0.2) is 0 Å². The second kappa shape index (κ2) is 8.49. The summed E-state index contributed by atoms with van der Waals surface area (Å²) in [6, 6.07) is 13.7. The molecule has 0 aliphatic heterocycles. The Balaban J connectivity index is 1.88. The number of amides is 3. The third-order valence-corrected chi connectivity index (χ3v) is 3.29. The van der Waals surface area contributed by atoms with Crippen molar-refractivity contribution in [2.24, 2.45) is 0 Å². The molecular weight excluding hydrogens is 320 g/mol. The van der Waals surface area contributed by atoms with Crippen LogP contribution in [0, 0.1) is 0 Å². The van der Waals surface area contributed by atoms with Gasteiger partial charge in [-0.15, -0.1) is 0 Å². The minimum Gasteiger partial charge on any atom is -0.376 e. The minimum absolute atomic E-state index is 0.0731. The molecule has 0 aliphatic rings. The molecule has 0 fully saturated rings. The molecule has 2 aromatic rings. The molecule has 0 aliphatic carbocycles. The average Bonchev–Trinajstić information content (AvgIpc) is 2.59. The minimum atomic E-state index is -0.227. The first kappa shape index (κ1) is 18.0. The maximum atomic E-state index is 12.0. The quantitative estimate of drug-likeness (QED) is 0.647. The van der Waals surface area contributed by atoms with Gasteiger partial charge >= 0.3 is 0 Å². The number of anilines is 3. The van der Waals surface area contributed by atoms with Gasteiger partial charge in [-0.1, -0.05) is 6.07 Å². The van der Waals surface area contributed by atoms with E-state index >= 15 is 0 Å². The van der Waals surface area contributed by atoms with E-state index in [1.165, 1.54) is 6.92 Å². The van der Waals surface area contributed by atoms with Crippen LogP contribution in [0.2, 0.25) is 0 Å². The Morgan fingerprint density at radius 1 is 0.880 bits per heavy atom. The molecule has 7 heteroatoms. The lowest BCUT2D eigenvalue weighted by atomic mass is 10.2. The fraction of sp³-hybridized carbons (Fsp3) is 0.167. The van der Waals surface area contributed by atoms with Crippen molar-refractivity contribution < 1.29 is 14.4 Å². The monoisotopic (exact) mass is 340 g/mol. The van der Waals surface area contributed by atoms with Crippen molar-refractivity contribution in [3.05, 3.63) is 54.1 Å². The largest absolute Gasteiger partial charge is 0.376 e. The summed E-state index contributed by atoms with van der Waals surface area (Å²) in [5, 5.41) is 10.9. The second-order valence-electron chi connectivity index (χ2n) is 5.32. The van der Waals surface area contributed by atoms with Crippen molar-refractivity contribution in [3.8, 4) is 0 Å². The summed E-state index contributed by atoms with van der Waals surface area (Å²) in [4.78, 5) is 34.5. The summed E-state index contributed by atoms with van der Waals surface area (Å²) in [7, 11) is 1.57. The Hall–Kier alpha value is -3.35. The molecular formula is C18H20N4O3. The van der Waals surface area contributed by atoms with Gasteiger partial charge in [0.2, 0.25) is 11.8 Å². The molecule has 0 heterocycles. The number of carbonyl (C=O) groups excluding carboxylic acids is 3. The fourth-order valence-electron chi connectivity index (χ4n) is 2.15. The van der Waals surface area contributed by atoms with E-state index in [4.69, 9.17) is 0 Å². The number of rotatable bonds is 6. The fourth-order valence-corrected chi connectivity index (χ4v) is 2.15. The lowest BCUT2D eigenvalue weighted by molar-refractivity contribution is -0.115. The van der Waals surface area contributed by atoms with Crippen LogP contribution in [0.3, 0.4) is 0 Å². The molecule has 0 saturated heterocycles. The molecule has 2 aromatic carbocycles. The van der Waals surface area contributed by atoms with Gasteiger partial charge < -0.3 is 21.3 Å². The van der Waals surface area contributed by atoms with E-state index in [1.54, 1.807) is 55.6 Å². The van der Waals surface area contributed by atoms with E-state index in [-0.39, 0.29) is 24.3 Å². The van der Waals surface area contributed by atoms with Crippen LogP contribution in [0.4, 0.5) is 17.1 Å². The van der Waals surface area contributed by atoms with Gasteiger partial charge in [0.15, 0.2) is 0 Å². The van der Waals surface area contributed by atoms with Crippen LogP contribution in [0.1, 0.15) is 17.3 Å². The van der Waals surface area contributed by atoms with Gasteiger partial charge in [-0.05, 0) is 42.5 Å². The first-order valence-electron chi connectivity index (χ1n) is 7.71. The topological polar surface area (TPSA) is 99.3 Å². The van der Waals surface area contributed by atoms with Crippen molar-refractivity contribution in [2.75, 3.05) is 29.5 Å². The Bertz CT molecular complexity index is 772. The second-order valence-corrected chi connectivity index (χ2v) is 5.32. The zero-order chi connectivity index (χ0) is 18.2. The Morgan fingerprint density at radius 2 is 1.52 bits per heavy atom. The molecule has 0 atom stereocenters. The van der Waals surface area contributed by atoms with Gasteiger partial charge in [-0.2, -0.15) is 0 Å². The first-order chi connectivity index (χ1) is 12.0. The highest BCUT2D eigenvalue weighted by molar-refractivity contribution is 5.96. The maximum Gasteiger partial charge on any atom is 0.251 e. The van der Waals surface area contributed by atoms with Crippen LogP contribution in [0.5, 0.6) is 0 Å². The van der Waals surface area contributed by atoms with Crippen molar-refractivity contribution in [3.63, 3.8) is 0 Å². The number of nitrogens with one attached hydrogen (secondary N) is 4. The van der Waals surface area contributed by atoms with Crippen LogP contribution in [-0.4, -0.2) is 31.3 Å². The molecule has 0 saturated carbocycles. The first-order valence-corrected chi connectivity index (χ1v) is 7.71. The van der Waals surface area contributed by atoms with Crippen LogP contribution in [0.15, 0.2) is 48.5 Å². The van der Waals surface area contributed by atoms with Gasteiger partial charge in [0.25, 0.3) is 5.91 Å². The summed E-state index contributed by atoms with van der Waals surface area (Å²) >= 11 is 0. The predicted molar refractivity (Wildman–Crippen MR) is 97.7 cm³/mol. The molecule has 130 valence electrons. The number of carbonyl (C=O) groups is 3. The van der Waals surface area contributed by atoms with E-state index in [0.717, 1.165) is 5.69 Å². The number of benzene rings is 2. The normalized spacial score (nSPS) is 9.84. The van der Waals surface area contributed by atoms with E-state index < -0.39 is 0 Å². The zero-order valence-electron chi connectivity index (χ0n) is 14.1. The van der Waals surface area contributed by atoms with E-state index in [2.05, 4.69) is 21.3 Å². The van der Waals surface area contributed by atoms with E-state index in [1.807, 2.05) is 0 Å². The molecule has 3 amide bonds. The third-order valence-electron chi connectivity index (χ3n) is 3.29. The van der Waals surface area contributed by atoms with Crippen molar-refractivity contribution in [1.29, 1.82) is 0 Å². The lowest BCUT2D eigenvalue weighted by Gasteiger charge is -2.10. The Morgan fingerprint density at radius 3 is 2.12 bits per heavy atom. The Kier molecular flexibility index (Phi) is 6.11. The highest BCUT2D eigenvalue weighted by Gasteiger charge is 2.05. The molecule has 7 nitrogen and oxygen atoms in total. The van der Waals surface area contributed by atoms with Crippen LogP contribution in [0.25, 0.3) is 0 Å². The van der Waals surface area contributed by atoms with Crippen molar-refractivity contribution in [1.82, 2.24) is 5.32 Å². The summed E-state index contributed by atoms with van der Waals surface area (Å²) in [6.07, 6.45) is 0. The number of hydrogen-bond donors (Lipinski definition) is 4. The molecule has 0 radical (unpaired) electrons. The van der Waals surface area contributed by atoms with E-state index in [0.29, 0.717) is 16.9 Å². The summed E-state index contributed by atoms with van der Waals surface area (Å²) < 4.78 is 0. The molecule has 0 spiro atoms. The summed E-state index contributed by atoms with van der Waals surface area (Å²) in [5.41, 5.74) is 2.48. The molecule has 4 N–H and O–H groups in total. The van der Waals surface area contributed by atoms with Crippen LogP contribution >= 0.6 is 0 Å². The smallest absolute Gasteiger partial charge is 0.251 e. The standard InChI is InChI=1S/C18H20N4O3/c1-12(23)21-15-4-3-5-16(10-15)22-17(24)11-20-14-8-6-13(7-9-14)18(25)19-2/h3-10,20H,11H2,1-2H3,(H,19,25)(H,21,23)(H,22,24). The molecule has 0 bridgehead atoms. The zero-order valence-corrected chi connectivity index (χ0v) is 14.1. The molecule has 0 unspecified atom stereocenters. The van der Waals surface area contributed by atoms with E-state index in [9.17, 15) is 14.4 Å². The molecule has 0 aromatic heterocycles. The maximum absolute atomic E-state index is 12.0. The molecule has 25 heavy (non-hydrogen) atoms. The van der Waals surface area contributed by atoms with Gasteiger partial charge in [0.1, 0.15) is 0 Å². The lowest BCUT2D eigenvalue weighted by Crippen LogP contribution is -2.22. The van der Waals surface area contributed by atoms with Gasteiger partial charge in [-0.3, -0.25) is 14.4 Å². The Labute approximate surface area is 145 Å². The summed E-state index contributed by atoms with van der Waals surface area (Å²) in [6.45, 7) is 1.49. The van der Waals surface area contributed by atoms with Crippen molar-refractivity contribution in [2.45, 2.75) is 6.92 Å². The molecule has 2 rings (SSSR count). The van der Waals surface area contributed by atoms with Crippen LogP contribution < -0.4 is 21.3 Å². The predicted octanol–water partition coefficient (Wildman–Crippen LogP) is 2.06.